The number of nitrogens with one attached hydrogen (secondary N) is 2. The lowest BCUT2D eigenvalue weighted by Gasteiger charge is -2.34. The second kappa shape index (κ2) is 8.77. The number of hydrogen-bond donors (Lipinski definition) is 2. The number of piperazine rings is 1. The number of nitrogens with zero attached hydrogens (tertiary/aromatic N) is 3. The Morgan fingerprint density at radius 2 is 1.88 bits per heavy atom. The third-order valence-corrected chi connectivity index (χ3v) is 5.05. The summed E-state index contributed by atoms with van der Waals surface area (Å²) in [6, 6.07) is 10.1. The number of anilines is 1. The third-order valence-electron chi connectivity index (χ3n) is 4.17. The molecule has 3 amide bonds. The van der Waals surface area contributed by atoms with E-state index in [0.717, 1.165) is 25.3 Å². The van der Waals surface area contributed by atoms with Crippen LogP contribution in [0.5, 0.6) is 0 Å². The van der Waals surface area contributed by atoms with Crippen LogP contribution in [0.2, 0.25) is 0 Å². The Hall–Kier alpha value is -2.45. The van der Waals surface area contributed by atoms with E-state index in [1.807, 2.05) is 30.5 Å². The molecule has 2 aromatic rings. The number of urea groups is 1. The quantitative estimate of drug-likeness (QED) is 0.839. The molecule has 26 heavy (non-hydrogen) atoms. The summed E-state index contributed by atoms with van der Waals surface area (Å²) in [6.45, 7) is 5.68. The summed E-state index contributed by atoms with van der Waals surface area (Å²) in [6.07, 6.45) is 0. The molecule has 138 valence electrons. The van der Waals surface area contributed by atoms with Crippen LogP contribution in [0.3, 0.4) is 0 Å². The minimum atomic E-state index is -0.268. The van der Waals surface area contributed by atoms with E-state index in [1.54, 1.807) is 4.90 Å². The third kappa shape index (κ3) is 5.27. The fourth-order valence-electron chi connectivity index (χ4n) is 2.79. The number of carbonyl (C=O) groups is 2. The summed E-state index contributed by atoms with van der Waals surface area (Å²) in [7, 11) is 0. The van der Waals surface area contributed by atoms with Crippen molar-refractivity contribution in [3.63, 3.8) is 0 Å². The number of thiazole rings is 1. The second-order valence-corrected chi connectivity index (χ2v) is 7.11. The molecule has 7 nitrogen and oxygen atoms in total. The van der Waals surface area contributed by atoms with Crippen LogP contribution < -0.4 is 10.6 Å². The summed E-state index contributed by atoms with van der Waals surface area (Å²) in [5, 5.41) is 7.78. The highest BCUT2D eigenvalue weighted by molar-refractivity contribution is 7.13. The molecule has 0 radical (unpaired) electrons. The van der Waals surface area contributed by atoms with Gasteiger partial charge in [-0.25, -0.2) is 9.78 Å². The molecule has 2 heterocycles. The minimum Gasteiger partial charge on any atom is -0.329 e. The van der Waals surface area contributed by atoms with Gasteiger partial charge in [-0.1, -0.05) is 30.3 Å². The topological polar surface area (TPSA) is 77.6 Å². The van der Waals surface area contributed by atoms with Gasteiger partial charge in [0.15, 0.2) is 5.13 Å². The number of benzene rings is 1. The second-order valence-electron chi connectivity index (χ2n) is 6.25. The molecule has 3 rings (SSSR count). The monoisotopic (exact) mass is 373 g/mol. The van der Waals surface area contributed by atoms with Gasteiger partial charge in [-0.05, 0) is 12.5 Å². The molecule has 0 spiro atoms. The Balaban J connectivity index is 1.37. The molecule has 1 saturated heterocycles. The molecule has 0 unspecified atom stereocenters. The van der Waals surface area contributed by atoms with Gasteiger partial charge in [0.2, 0.25) is 5.91 Å². The molecule has 0 aliphatic carbocycles. The van der Waals surface area contributed by atoms with Gasteiger partial charge in [-0.3, -0.25) is 9.69 Å². The first-order valence-corrected chi connectivity index (χ1v) is 9.49. The summed E-state index contributed by atoms with van der Waals surface area (Å²) >= 11 is 1.37. The van der Waals surface area contributed by atoms with Crippen molar-refractivity contribution in [3.8, 4) is 0 Å². The van der Waals surface area contributed by atoms with Crippen LogP contribution in [0.25, 0.3) is 0 Å². The van der Waals surface area contributed by atoms with E-state index < -0.39 is 0 Å². The maximum absolute atomic E-state index is 12.2. The zero-order chi connectivity index (χ0) is 18.4. The zero-order valence-electron chi connectivity index (χ0n) is 14.8. The lowest BCUT2D eigenvalue weighted by atomic mass is 10.2. The van der Waals surface area contributed by atoms with Crippen LogP contribution in [-0.4, -0.2) is 59.4 Å². The normalized spacial score (nSPS) is 14.9. The molecule has 1 fully saturated rings. The van der Waals surface area contributed by atoms with Gasteiger partial charge in [0, 0.05) is 38.1 Å². The van der Waals surface area contributed by atoms with E-state index in [9.17, 15) is 9.59 Å². The molecule has 8 heteroatoms. The van der Waals surface area contributed by atoms with Gasteiger partial charge in [-0.15, -0.1) is 11.3 Å². The fourth-order valence-corrected chi connectivity index (χ4v) is 3.50. The number of aryl methyl sites for hydroxylation is 1. The van der Waals surface area contributed by atoms with E-state index >= 15 is 0 Å². The molecule has 0 atom stereocenters. The molecular weight excluding hydrogens is 350 g/mol. The largest absolute Gasteiger partial charge is 0.329 e. The van der Waals surface area contributed by atoms with Gasteiger partial charge in [0.25, 0.3) is 0 Å². The highest BCUT2D eigenvalue weighted by Crippen LogP contribution is 2.14. The molecule has 1 aromatic carbocycles. The standard InChI is InChI=1S/C18H23N5O2S/c1-14-13-26-17(20-14)21-16(24)11-19-18(25)23-9-7-22(8-10-23)12-15-5-3-2-4-6-15/h2-6,13H,7-12H2,1H3,(H,19,25)(H,20,21,24). The molecular formula is C18H23N5O2S. The number of rotatable bonds is 5. The Morgan fingerprint density at radius 1 is 1.15 bits per heavy atom. The first kappa shape index (κ1) is 18.3. The van der Waals surface area contributed by atoms with E-state index in [0.29, 0.717) is 18.2 Å². The van der Waals surface area contributed by atoms with Crippen molar-refractivity contribution in [2.24, 2.45) is 0 Å². The molecule has 1 aliphatic rings. The van der Waals surface area contributed by atoms with Gasteiger partial charge in [0.05, 0.1) is 12.2 Å². The minimum absolute atomic E-state index is 0.0539. The SMILES string of the molecule is Cc1csc(NC(=O)CNC(=O)N2CCN(Cc3ccccc3)CC2)n1. The van der Waals surface area contributed by atoms with Crippen molar-refractivity contribution in [2.45, 2.75) is 13.5 Å². The molecule has 2 N–H and O–H groups in total. The van der Waals surface area contributed by atoms with Gasteiger partial charge < -0.3 is 15.5 Å². The molecule has 1 aliphatic heterocycles. The Labute approximate surface area is 157 Å². The van der Waals surface area contributed by atoms with Crippen molar-refractivity contribution in [2.75, 3.05) is 38.0 Å². The maximum Gasteiger partial charge on any atom is 0.317 e. The fraction of sp³-hybridized carbons (Fsp3) is 0.389. The predicted molar refractivity (Wildman–Crippen MR) is 102 cm³/mol. The molecule has 0 saturated carbocycles. The van der Waals surface area contributed by atoms with Crippen LogP contribution >= 0.6 is 11.3 Å². The van der Waals surface area contributed by atoms with Crippen LogP contribution in [0, 0.1) is 6.92 Å². The van der Waals surface area contributed by atoms with Gasteiger partial charge >= 0.3 is 6.03 Å². The Morgan fingerprint density at radius 3 is 2.54 bits per heavy atom. The average molecular weight is 373 g/mol. The van der Waals surface area contributed by atoms with Crippen molar-refractivity contribution in [1.82, 2.24) is 20.1 Å². The first-order valence-electron chi connectivity index (χ1n) is 8.61. The highest BCUT2D eigenvalue weighted by Gasteiger charge is 2.21. The number of amides is 3. The number of carbonyl (C=O) groups excluding carboxylic acids is 2. The average Bonchev–Trinajstić information content (AvgIpc) is 3.06. The zero-order valence-corrected chi connectivity index (χ0v) is 15.6. The van der Waals surface area contributed by atoms with Crippen molar-refractivity contribution >= 4 is 28.4 Å². The van der Waals surface area contributed by atoms with E-state index in [4.69, 9.17) is 0 Å². The smallest absolute Gasteiger partial charge is 0.317 e. The van der Waals surface area contributed by atoms with Crippen molar-refractivity contribution in [1.29, 1.82) is 0 Å². The summed E-state index contributed by atoms with van der Waals surface area (Å²) in [5.74, 6) is -0.268. The van der Waals surface area contributed by atoms with Crippen molar-refractivity contribution in [3.05, 3.63) is 47.0 Å². The summed E-state index contributed by atoms with van der Waals surface area (Å²) in [4.78, 5) is 32.4. The number of aromatic nitrogens is 1. The van der Waals surface area contributed by atoms with E-state index in [1.165, 1.54) is 16.9 Å². The molecule has 1 aromatic heterocycles. The van der Waals surface area contributed by atoms with Gasteiger partial charge in [-0.2, -0.15) is 0 Å². The Bertz CT molecular complexity index is 741. The number of hydrogen-bond acceptors (Lipinski definition) is 5. The Kier molecular flexibility index (Phi) is 6.19. The lowest BCUT2D eigenvalue weighted by Crippen LogP contribution is -2.52. The molecule has 0 bridgehead atoms. The predicted octanol–water partition coefficient (Wildman–Crippen LogP) is 1.92. The van der Waals surface area contributed by atoms with Crippen LogP contribution in [0.15, 0.2) is 35.7 Å². The first-order chi connectivity index (χ1) is 12.6. The maximum atomic E-state index is 12.2. The van der Waals surface area contributed by atoms with Crippen LogP contribution in [0.1, 0.15) is 11.3 Å². The van der Waals surface area contributed by atoms with Crippen LogP contribution in [0.4, 0.5) is 9.93 Å². The summed E-state index contributed by atoms with van der Waals surface area (Å²) < 4.78 is 0. The van der Waals surface area contributed by atoms with E-state index in [-0.39, 0.29) is 18.5 Å². The van der Waals surface area contributed by atoms with Crippen LogP contribution in [-0.2, 0) is 11.3 Å². The lowest BCUT2D eigenvalue weighted by molar-refractivity contribution is -0.115. The van der Waals surface area contributed by atoms with Gasteiger partial charge in [0.1, 0.15) is 0 Å². The highest BCUT2D eigenvalue weighted by atomic mass is 32.1. The van der Waals surface area contributed by atoms with Crippen molar-refractivity contribution < 1.29 is 9.59 Å². The van der Waals surface area contributed by atoms with E-state index in [2.05, 4.69) is 32.7 Å². The summed E-state index contributed by atoms with van der Waals surface area (Å²) in [5.41, 5.74) is 2.14.